The first kappa shape index (κ1) is 21.3. The Labute approximate surface area is 186 Å². The second-order valence-corrected chi connectivity index (χ2v) is 9.16. The summed E-state index contributed by atoms with van der Waals surface area (Å²) >= 11 is 1.73. The van der Waals surface area contributed by atoms with Gasteiger partial charge in [0, 0.05) is 16.2 Å². The number of hydrogen-bond donors (Lipinski definition) is 2. The van der Waals surface area contributed by atoms with Crippen LogP contribution < -0.4 is 10.1 Å². The van der Waals surface area contributed by atoms with Crippen molar-refractivity contribution >= 4 is 28.4 Å². The molecule has 1 aromatic carbocycles. The minimum absolute atomic E-state index is 0.143. The maximum Gasteiger partial charge on any atom is 0.256 e. The first-order valence-corrected chi connectivity index (χ1v) is 11.6. The van der Waals surface area contributed by atoms with Gasteiger partial charge in [-0.05, 0) is 55.2 Å². The SMILES string of the molecule is CCCCOc1ccc(C2(C)CC(c3ccc(CC)s3)=C(c3ncn[nH]3)C(=O)N2)cc1. The van der Waals surface area contributed by atoms with Crippen molar-refractivity contribution in [1.29, 1.82) is 0 Å². The first-order chi connectivity index (χ1) is 15.0. The Balaban J connectivity index is 1.69. The van der Waals surface area contributed by atoms with Crippen LogP contribution in [0.4, 0.5) is 0 Å². The molecule has 7 heteroatoms. The molecule has 162 valence electrons. The number of aryl methyl sites for hydroxylation is 1. The van der Waals surface area contributed by atoms with Gasteiger partial charge in [0.05, 0.1) is 17.7 Å². The molecule has 0 aliphatic carbocycles. The number of unbranched alkanes of at least 4 members (excludes halogenated alkanes) is 1. The van der Waals surface area contributed by atoms with Crippen molar-refractivity contribution in [1.82, 2.24) is 20.5 Å². The van der Waals surface area contributed by atoms with Gasteiger partial charge >= 0.3 is 0 Å². The molecule has 3 heterocycles. The van der Waals surface area contributed by atoms with Crippen molar-refractivity contribution in [2.45, 2.75) is 52.0 Å². The van der Waals surface area contributed by atoms with Gasteiger partial charge in [0.1, 0.15) is 12.1 Å². The Bertz CT molecular complexity index is 1070. The molecule has 0 radical (unpaired) electrons. The van der Waals surface area contributed by atoms with Gasteiger partial charge < -0.3 is 10.1 Å². The molecule has 2 N–H and O–H groups in total. The van der Waals surface area contributed by atoms with Gasteiger partial charge in [-0.25, -0.2) is 4.98 Å². The van der Waals surface area contributed by atoms with Crippen LogP contribution in [0.15, 0.2) is 42.7 Å². The van der Waals surface area contributed by atoms with E-state index in [1.165, 1.54) is 11.2 Å². The number of H-pyrrole nitrogens is 1. The lowest BCUT2D eigenvalue weighted by atomic mass is 9.80. The van der Waals surface area contributed by atoms with E-state index >= 15 is 0 Å². The van der Waals surface area contributed by atoms with E-state index in [9.17, 15) is 4.79 Å². The van der Waals surface area contributed by atoms with Crippen LogP contribution in [0.2, 0.25) is 0 Å². The number of nitrogens with zero attached hydrogens (tertiary/aromatic N) is 2. The normalized spacial score (nSPS) is 18.9. The summed E-state index contributed by atoms with van der Waals surface area (Å²) in [7, 11) is 0. The van der Waals surface area contributed by atoms with Crippen LogP contribution in [0.3, 0.4) is 0 Å². The van der Waals surface area contributed by atoms with E-state index in [1.807, 2.05) is 24.3 Å². The van der Waals surface area contributed by atoms with Crippen LogP contribution in [0, 0.1) is 0 Å². The Hall–Kier alpha value is -2.93. The number of nitrogens with one attached hydrogen (secondary N) is 2. The van der Waals surface area contributed by atoms with Crippen molar-refractivity contribution in [3.8, 4) is 5.75 Å². The second-order valence-electron chi connectivity index (χ2n) is 8.00. The van der Waals surface area contributed by atoms with Crippen molar-refractivity contribution in [3.05, 3.63) is 63.9 Å². The van der Waals surface area contributed by atoms with E-state index in [1.54, 1.807) is 11.3 Å². The van der Waals surface area contributed by atoms with E-state index in [-0.39, 0.29) is 5.91 Å². The third kappa shape index (κ3) is 4.42. The number of aromatic amines is 1. The molecule has 1 atom stereocenters. The highest BCUT2D eigenvalue weighted by Gasteiger charge is 2.39. The van der Waals surface area contributed by atoms with Crippen LogP contribution in [-0.2, 0) is 16.8 Å². The summed E-state index contributed by atoms with van der Waals surface area (Å²) in [6, 6.07) is 12.3. The van der Waals surface area contributed by atoms with Crippen LogP contribution >= 0.6 is 11.3 Å². The van der Waals surface area contributed by atoms with E-state index in [4.69, 9.17) is 4.74 Å². The van der Waals surface area contributed by atoms with Gasteiger partial charge in [0.25, 0.3) is 5.91 Å². The molecule has 0 spiro atoms. The van der Waals surface area contributed by atoms with Gasteiger partial charge in [0.2, 0.25) is 0 Å². The van der Waals surface area contributed by atoms with Crippen LogP contribution in [0.5, 0.6) is 5.75 Å². The molecule has 3 aromatic rings. The molecule has 1 unspecified atom stereocenters. The van der Waals surface area contributed by atoms with Gasteiger partial charge in [-0.15, -0.1) is 11.3 Å². The van der Waals surface area contributed by atoms with Gasteiger partial charge in [-0.3, -0.25) is 9.89 Å². The summed E-state index contributed by atoms with van der Waals surface area (Å²) in [5.41, 5.74) is 2.08. The third-order valence-electron chi connectivity index (χ3n) is 5.67. The first-order valence-electron chi connectivity index (χ1n) is 10.8. The maximum absolute atomic E-state index is 13.3. The number of aromatic nitrogens is 3. The van der Waals surface area contributed by atoms with Crippen molar-refractivity contribution in [3.63, 3.8) is 0 Å². The Kier molecular flexibility index (Phi) is 6.23. The molecule has 2 aromatic heterocycles. The molecule has 1 aliphatic heterocycles. The summed E-state index contributed by atoms with van der Waals surface area (Å²) in [6.07, 6.45) is 5.21. The number of benzene rings is 1. The standard InChI is InChI=1S/C24H28N4O2S/c1-4-6-13-30-17-9-7-16(8-10-17)24(3)14-19(20-12-11-18(5-2)31-20)21(23(29)27-24)22-25-15-26-28-22/h7-12,15H,4-6,13-14H2,1-3H3,(H,27,29)(H,25,26,28). The van der Waals surface area contributed by atoms with Crippen LogP contribution in [-0.4, -0.2) is 27.7 Å². The van der Waals surface area contributed by atoms with Crippen LogP contribution in [0.1, 0.15) is 61.2 Å². The van der Waals surface area contributed by atoms with Crippen molar-refractivity contribution in [2.75, 3.05) is 6.61 Å². The molecule has 0 bridgehead atoms. The van der Waals surface area contributed by atoms with Gasteiger partial charge in [-0.1, -0.05) is 32.4 Å². The van der Waals surface area contributed by atoms with Crippen molar-refractivity contribution < 1.29 is 9.53 Å². The predicted octanol–water partition coefficient (Wildman–Crippen LogP) is 4.95. The molecule has 0 saturated heterocycles. The fourth-order valence-corrected chi connectivity index (χ4v) is 4.88. The Morgan fingerprint density at radius 3 is 2.61 bits per heavy atom. The molecule has 4 rings (SSSR count). The molecular formula is C24H28N4O2S. The molecule has 1 aliphatic rings. The summed E-state index contributed by atoms with van der Waals surface area (Å²) < 4.78 is 5.80. The third-order valence-corrected chi connectivity index (χ3v) is 6.96. The molecular weight excluding hydrogens is 408 g/mol. The highest BCUT2D eigenvalue weighted by molar-refractivity contribution is 7.13. The van der Waals surface area contributed by atoms with Gasteiger partial charge in [0.15, 0.2) is 5.82 Å². The van der Waals surface area contributed by atoms with E-state index < -0.39 is 5.54 Å². The number of ether oxygens (including phenoxy) is 1. The minimum Gasteiger partial charge on any atom is -0.494 e. The zero-order chi connectivity index (χ0) is 21.8. The fraction of sp³-hybridized carbons (Fsp3) is 0.375. The molecule has 0 saturated carbocycles. The highest BCUT2D eigenvalue weighted by atomic mass is 32.1. The lowest BCUT2D eigenvalue weighted by Gasteiger charge is -2.37. The quantitative estimate of drug-likeness (QED) is 0.490. The van der Waals surface area contributed by atoms with Crippen LogP contribution in [0.25, 0.3) is 11.1 Å². The van der Waals surface area contributed by atoms with Crippen molar-refractivity contribution in [2.24, 2.45) is 0 Å². The smallest absolute Gasteiger partial charge is 0.256 e. The summed E-state index contributed by atoms with van der Waals surface area (Å²) in [5.74, 6) is 1.21. The fourth-order valence-electron chi connectivity index (χ4n) is 3.88. The number of hydrogen-bond acceptors (Lipinski definition) is 5. The topological polar surface area (TPSA) is 79.9 Å². The van der Waals surface area contributed by atoms with E-state index in [2.05, 4.69) is 53.4 Å². The monoisotopic (exact) mass is 436 g/mol. The number of amides is 1. The maximum atomic E-state index is 13.3. The summed E-state index contributed by atoms with van der Waals surface area (Å²) in [5, 5.41) is 10.0. The molecule has 1 amide bonds. The van der Waals surface area contributed by atoms with E-state index in [0.717, 1.165) is 47.6 Å². The zero-order valence-electron chi connectivity index (χ0n) is 18.2. The summed E-state index contributed by atoms with van der Waals surface area (Å²) in [4.78, 5) is 20.0. The Morgan fingerprint density at radius 2 is 1.97 bits per heavy atom. The lowest BCUT2D eigenvalue weighted by molar-refractivity contribution is -0.117. The zero-order valence-corrected chi connectivity index (χ0v) is 19.0. The molecule has 0 fully saturated rings. The number of carbonyl (C=O) groups excluding carboxylic acids is 1. The average Bonchev–Trinajstić information content (AvgIpc) is 3.46. The number of carbonyl (C=O) groups is 1. The number of thiophene rings is 1. The lowest BCUT2D eigenvalue weighted by Crippen LogP contribution is -2.47. The van der Waals surface area contributed by atoms with E-state index in [0.29, 0.717) is 17.8 Å². The molecule has 31 heavy (non-hydrogen) atoms. The second kappa shape index (κ2) is 9.06. The highest BCUT2D eigenvalue weighted by Crippen LogP contribution is 2.43. The number of rotatable bonds is 8. The largest absolute Gasteiger partial charge is 0.494 e. The Morgan fingerprint density at radius 1 is 1.16 bits per heavy atom. The summed E-state index contributed by atoms with van der Waals surface area (Å²) in [6.45, 7) is 7.08. The molecule has 6 nitrogen and oxygen atoms in total. The average molecular weight is 437 g/mol. The minimum atomic E-state index is -0.533. The van der Waals surface area contributed by atoms with Gasteiger partial charge in [-0.2, -0.15) is 5.10 Å². The predicted molar refractivity (Wildman–Crippen MR) is 124 cm³/mol.